The lowest BCUT2D eigenvalue weighted by Gasteiger charge is -1.97. The van der Waals surface area contributed by atoms with Crippen LogP contribution in [0.15, 0.2) is 6.20 Å². The number of aromatic nitrogens is 2. The van der Waals surface area contributed by atoms with Crippen molar-refractivity contribution in [1.29, 1.82) is 0 Å². The average Bonchev–Trinajstić information content (AvgIpc) is 2.29. The highest BCUT2D eigenvalue weighted by Crippen LogP contribution is 2.16. The number of nitrogens with zero attached hydrogens (tertiary/aromatic N) is 2. The molecule has 68 valence electrons. The molecule has 0 amide bonds. The van der Waals surface area contributed by atoms with Crippen molar-refractivity contribution < 1.29 is 8.78 Å². The van der Waals surface area contributed by atoms with Crippen LogP contribution in [0.2, 0.25) is 5.02 Å². The fraction of sp³-hybridized carbons (Fsp3) is 0.500. The summed E-state index contributed by atoms with van der Waals surface area (Å²) in [7, 11) is 0. The summed E-state index contributed by atoms with van der Waals surface area (Å²) >= 11 is 11.1. The molecule has 1 heterocycles. The molecule has 0 fully saturated rings. The Bertz CT molecular complexity index is 262. The molecule has 0 unspecified atom stereocenters. The van der Waals surface area contributed by atoms with Crippen LogP contribution in [0.25, 0.3) is 0 Å². The molecule has 0 aliphatic heterocycles. The number of hydrogen-bond acceptors (Lipinski definition) is 1. The molecule has 0 radical (unpaired) electrons. The molecule has 0 saturated heterocycles. The van der Waals surface area contributed by atoms with Crippen LogP contribution in [-0.2, 0) is 12.4 Å². The summed E-state index contributed by atoms with van der Waals surface area (Å²) < 4.78 is 24.7. The van der Waals surface area contributed by atoms with Crippen molar-refractivity contribution in [2.24, 2.45) is 0 Å². The zero-order valence-electron chi connectivity index (χ0n) is 5.98. The van der Waals surface area contributed by atoms with Crippen molar-refractivity contribution >= 4 is 23.2 Å². The van der Waals surface area contributed by atoms with Crippen LogP contribution in [0, 0.1) is 0 Å². The van der Waals surface area contributed by atoms with Gasteiger partial charge in [0, 0.05) is 6.20 Å². The van der Waals surface area contributed by atoms with Gasteiger partial charge in [0.1, 0.15) is 6.54 Å². The predicted molar refractivity (Wildman–Crippen MR) is 42.8 cm³/mol. The molecule has 0 aliphatic carbocycles. The number of rotatable bonds is 3. The highest BCUT2D eigenvalue weighted by atomic mass is 35.5. The summed E-state index contributed by atoms with van der Waals surface area (Å²) in [4.78, 5) is 0. The Labute approximate surface area is 78.1 Å². The van der Waals surface area contributed by atoms with E-state index in [0.717, 1.165) is 4.68 Å². The van der Waals surface area contributed by atoms with Gasteiger partial charge in [-0.05, 0) is 0 Å². The molecule has 2 nitrogen and oxygen atoms in total. The highest BCUT2D eigenvalue weighted by Gasteiger charge is 2.09. The Morgan fingerprint density at radius 3 is 2.67 bits per heavy atom. The van der Waals surface area contributed by atoms with Crippen LogP contribution in [0.5, 0.6) is 0 Å². The standard InChI is InChI=1S/C6H6Cl2F2N2/c7-1-5-4(8)2-12(11-5)3-6(9)10/h2,6H,1,3H2. The molecule has 1 aromatic heterocycles. The van der Waals surface area contributed by atoms with Gasteiger partial charge in [0.2, 0.25) is 0 Å². The second-order valence-electron chi connectivity index (χ2n) is 2.17. The van der Waals surface area contributed by atoms with Crippen LogP contribution >= 0.6 is 23.2 Å². The van der Waals surface area contributed by atoms with Gasteiger partial charge in [-0.15, -0.1) is 11.6 Å². The van der Waals surface area contributed by atoms with E-state index < -0.39 is 13.0 Å². The monoisotopic (exact) mass is 214 g/mol. The third-order valence-corrected chi connectivity index (χ3v) is 1.81. The van der Waals surface area contributed by atoms with Crippen molar-refractivity contribution in [3.05, 3.63) is 16.9 Å². The molecule has 6 heteroatoms. The number of alkyl halides is 3. The first-order chi connectivity index (χ1) is 5.63. The van der Waals surface area contributed by atoms with Gasteiger partial charge in [0.05, 0.1) is 16.6 Å². The van der Waals surface area contributed by atoms with Crippen molar-refractivity contribution in [2.75, 3.05) is 0 Å². The normalized spacial score (nSPS) is 11.1. The highest BCUT2D eigenvalue weighted by molar-refractivity contribution is 6.32. The summed E-state index contributed by atoms with van der Waals surface area (Å²) in [6.07, 6.45) is -1.09. The number of halogens is 4. The van der Waals surface area contributed by atoms with Crippen LogP contribution in [0.1, 0.15) is 5.69 Å². The molecule has 0 aliphatic rings. The summed E-state index contributed by atoms with van der Waals surface area (Å²) in [6.45, 7) is -0.448. The first kappa shape index (κ1) is 9.74. The average molecular weight is 215 g/mol. The smallest absolute Gasteiger partial charge is 0.257 e. The van der Waals surface area contributed by atoms with Gasteiger partial charge in [0.25, 0.3) is 6.43 Å². The molecule has 0 bridgehead atoms. The van der Waals surface area contributed by atoms with E-state index in [2.05, 4.69) is 5.10 Å². The molecular weight excluding hydrogens is 209 g/mol. The summed E-state index contributed by atoms with van der Waals surface area (Å²) in [5.74, 6) is 0.134. The van der Waals surface area contributed by atoms with Crippen molar-refractivity contribution in [2.45, 2.75) is 18.9 Å². The third kappa shape index (κ3) is 2.32. The van der Waals surface area contributed by atoms with Crippen molar-refractivity contribution in [1.82, 2.24) is 9.78 Å². The molecule has 0 saturated carbocycles. The maximum Gasteiger partial charge on any atom is 0.257 e. The van der Waals surface area contributed by atoms with Gasteiger partial charge >= 0.3 is 0 Å². The third-order valence-electron chi connectivity index (χ3n) is 1.24. The summed E-state index contributed by atoms with van der Waals surface area (Å²) in [6, 6.07) is 0. The van der Waals surface area contributed by atoms with Gasteiger partial charge in [0.15, 0.2) is 0 Å². The summed E-state index contributed by atoms with van der Waals surface area (Å²) in [5.41, 5.74) is 0.430. The minimum atomic E-state index is -2.43. The molecule has 0 spiro atoms. The van der Waals surface area contributed by atoms with Crippen LogP contribution < -0.4 is 0 Å². The predicted octanol–water partition coefficient (Wildman–Crippen LogP) is 2.54. The van der Waals surface area contributed by atoms with E-state index in [1.54, 1.807) is 0 Å². The Kier molecular flexibility index (Phi) is 3.29. The molecule has 1 aromatic rings. The zero-order chi connectivity index (χ0) is 9.14. The molecule has 1 rings (SSSR count). The SMILES string of the molecule is FC(F)Cn1cc(Cl)c(CCl)n1. The van der Waals surface area contributed by atoms with Crippen LogP contribution in [0.4, 0.5) is 8.78 Å². The first-order valence-electron chi connectivity index (χ1n) is 3.19. The molecular formula is C6H6Cl2F2N2. The van der Waals surface area contributed by atoms with E-state index in [0.29, 0.717) is 10.7 Å². The maximum atomic E-state index is 11.8. The van der Waals surface area contributed by atoms with Crippen molar-refractivity contribution in [3.63, 3.8) is 0 Å². The Hall–Kier alpha value is -0.350. The minimum absolute atomic E-state index is 0.134. The Morgan fingerprint density at radius 2 is 2.25 bits per heavy atom. The van der Waals surface area contributed by atoms with Crippen molar-refractivity contribution in [3.8, 4) is 0 Å². The van der Waals surface area contributed by atoms with Gasteiger partial charge in [-0.3, -0.25) is 4.68 Å². The fourth-order valence-corrected chi connectivity index (χ4v) is 1.25. The second kappa shape index (κ2) is 4.05. The van der Waals surface area contributed by atoms with Gasteiger partial charge in [-0.25, -0.2) is 8.78 Å². The molecule has 0 aromatic carbocycles. The molecule has 12 heavy (non-hydrogen) atoms. The van der Waals surface area contributed by atoms with Gasteiger partial charge in [-0.2, -0.15) is 5.10 Å². The van der Waals surface area contributed by atoms with E-state index in [9.17, 15) is 8.78 Å². The second-order valence-corrected chi connectivity index (χ2v) is 2.84. The maximum absolute atomic E-state index is 11.8. The fourth-order valence-electron chi connectivity index (χ4n) is 0.763. The summed E-state index contributed by atoms with van der Waals surface area (Å²) in [5, 5.41) is 4.07. The largest absolute Gasteiger partial charge is 0.265 e. The lowest BCUT2D eigenvalue weighted by Crippen LogP contribution is -2.06. The van der Waals surface area contributed by atoms with E-state index >= 15 is 0 Å². The Morgan fingerprint density at radius 1 is 1.58 bits per heavy atom. The van der Waals surface area contributed by atoms with Crippen LogP contribution in [-0.4, -0.2) is 16.2 Å². The Balaban J connectivity index is 2.75. The van der Waals surface area contributed by atoms with E-state index in [1.807, 2.05) is 0 Å². The van der Waals surface area contributed by atoms with Gasteiger partial charge in [-0.1, -0.05) is 11.6 Å². The van der Waals surface area contributed by atoms with E-state index in [-0.39, 0.29) is 5.88 Å². The minimum Gasteiger partial charge on any atom is -0.265 e. The zero-order valence-corrected chi connectivity index (χ0v) is 7.49. The quantitative estimate of drug-likeness (QED) is 0.708. The van der Waals surface area contributed by atoms with Gasteiger partial charge < -0.3 is 0 Å². The topological polar surface area (TPSA) is 17.8 Å². The van der Waals surface area contributed by atoms with E-state index in [1.165, 1.54) is 6.20 Å². The lowest BCUT2D eigenvalue weighted by atomic mass is 10.5. The molecule has 0 N–H and O–H groups in total. The lowest BCUT2D eigenvalue weighted by molar-refractivity contribution is 0.121. The van der Waals surface area contributed by atoms with E-state index in [4.69, 9.17) is 23.2 Å². The van der Waals surface area contributed by atoms with Crippen LogP contribution in [0.3, 0.4) is 0 Å². The first-order valence-corrected chi connectivity index (χ1v) is 4.10. The molecule has 0 atom stereocenters. The number of hydrogen-bond donors (Lipinski definition) is 0.